The number of ether oxygens (including phenoxy) is 1. The van der Waals surface area contributed by atoms with E-state index in [0.717, 1.165) is 12.8 Å². The van der Waals surface area contributed by atoms with Gasteiger partial charge in [-0.05, 0) is 18.6 Å². The van der Waals surface area contributed by atoms with E-state index in [1.807, 2.05) is 0 Å². The van der Waals surface area contributed by atoms with Crippen LogP contribution in [0, 0.1) is 0 Å². The Hall–Kier alpha value is -0.740. The number of unbranched alkanes of at least 4 members (excludes halogenated alkanes) is 5. The molecule has 0 atom stereocenters. The van der Waals surface area contributed by atoms with Gasteiger partial charge >= 0.3 is 0 Å². The molecule has 1 aromatic carbocycles. The highest BCUT2D eigenvalue weighted by Gasteiger charge is 2.10. The van der Waals surface area contributed by atoms with Crippen molar-refractivity contribution in [1.29, 1.82) is 0 Å². The molecular weight excluding hydrogens is 284 g/mol. The van der Waals surface area contributed by atoms with Crippen LogP contribution < -0.4 is 4.74 Å². The fourth-order valence-corrected chi connectivity index (χ4v) is 2.57. The second-order valence-electron chi connectivity index (χ2n) is 4.53. The fraction of sp³-hybridized carbons (Fsp3) is 0.571. The molecule has 0 aliphatic carbocycles. The number of halogens is 1. The summed E-state index contributed by atoms with van der Waals surface area (Å²) < 4.78 is 27.9. The van der Waals surface area contributed by atoms with Crippen LogP contribution in [0.4, 0.5) is 0 Å². The lowest BCUT2D eigenvalue weighted by atomic mass is 10.1. The molecule has 0 amide bonds. The molecule has 3 nitrogen and oxygen atoms in total. The maximum atomic E-state index is 11.2. The van der Waals surface area contributed by atoms with Gasteiger partial charge in [-0.1, -0.05) is 45.1 Å². The molecule has 19 heavy (non-hydrogen) atoms. The Morgan fingerprint density at radius 1 is 1.11 bits per heavy atom. The smallest absolute Gasteiger partial charge is 0.261 e. The molecule has 0 N–H and O–H groups in total. The van der Waals surface area contributed by atoms with Crippen LogP contribution in [0.2, 0.25) is 0 Å². The Morgan fingerprint density at radius 2 is 1.79 bits per heavy atom. The molecule has 0 radical (unpaired) electrons. The zero-order chi connectivity index (χ0) is 14.1. The summed E-state index contributed by atoms with van der Waals surface area (Å²) >= 11 is 0. The number of hydrogen-bond donors (Lipinski definition) is 0. The first-order valence-corrected chi connectivity index (χ1v) is 9.02. The fourth-order valence-electron chi connectivity index (χ4n) is 1.79. The molecule has 0 heterocycles. The summed E-state index contributed by atoms with van der Waals surface area (Å²) in [5, 5.41) is 0. The van der Waals surface area contributed by atoms with Gasteiger partial charge in [0, 0.05) is 16.7 Å². The van der Waals surface area contributed by atoms with Crippen LogP contribution in [0.25, 0.3) is 0 Å². The van der Waals surface area contributed by atoms with Gasteiger partial charge in [0.25, 0.3) is 9.05 Å². The Labute approximate surface area is 120 Å². The van der Waals surface area contributed by atoms with Crippen molar-refractivity contribution < 1.29 is 13.2 Å². The van der Waals surface area contributed by atoms with Gasteiger partial charge in [0.2, 0.25) is 0 Å². The number of hydrogen-bond acceptors (Lipinski definition) is 3. The third-order valence-corrected chi connectivity index (χ3v) is 4.21. The lowest BCUT2D eigenvalue weighted by Crippen LogP contribution is -1.98. The van der Waals surface area contributed by atoms with E-state index in [2.05, 4.69) is 6.92 Å². The third-order valence-electron chi connectivity index (χ3n) is 2.85. The molecule has 0 aliphatic heterocycles. The Morgan fingerprint density at radius 3 is 2.47 bits per heavy atom. The van der Waals surface area contributed by atoms with Gasteiger partial charge in [0.05, 0.1) is 11.5 Å². The van der Waals surface area contributed by atoms with Gasteiger partial charge in [-0.25, -0.2) is 8.42 Å². The van der Waals surface area contributed by atoms with Crippen molar-refractivity contribution in [1.82, 2.24) is 0 Å². The predicted octanol–water partition coefficient (Wildman–Crippen LogP) is 4.35. The molecule has 0 spiro atoms. The monoisotopic (exact) mass is 304 g/mol. The maximum Gasteiger partial charge on any atom is 0.261 e. The summed E-state index contributed by atoms with van der Waals surface area (Å²) in [4.78, 5) is 0.0783. The van der Waals surface area contributed by atoms with Crippen LogP contribution in [-0.2, 0) is 9.05 Å². The van der Waals surface area contributed by atoms with Gasteiger partial charge in [0.1, 0.15) is 5.75 Å². The van der Waals surface area contributed by atoms with Crippen LogP contribution in [0.3, 0.4) is 0 Å². The van der Waals surface area contributed by atoms with Crippen LogP contribution >= 0.6 is 10.7 Å². The topological polar surface area (TPSA) is 43.4 Å². The average molecular weight is 305 g/mol. The van der Waals surface area contributed by atoms with Crippen LogP contribution in [0.5, 0.6) is 5.75 Å². The zero-order valence-corrected chi connectivity index (χ0v) is 12.8. The lowest BCUT2D eigenvalue weighted by Gasteiger charge is -2.07. The summed E-state index contributed by atoms with van der Waals surface area (Å²) in [6.45, 7) is 2.80. The number of rotatable bonds is 9. The van der Waals surface area contributed by atoms with E-state index in [1.54, 1.807) is 12.1 Å². The first-order valence-electron chi connectivity index (χ1n) is 6.71. The maximum absolute atomic E-state index is 11.2. The lowest BCUT2D eigenvalue weighted by molar-refractivity contribution is 0.303. The normalized spacial score (nSPS) is 11.5. The summed E-state index contributed by atoms with van der Waals surface area (Å²) in [6, 6.07) is 6.29. The van der Waals surface area contributed by atoms with Crippen molar-refractivity contribution in [3.05, 3.63) is 24.3 Å². The SMILES string of the molecule is CCCCCCCCOc1cccc(S(=O)(=O)Cl)c1. The van der Waals surface area contributed by atoms with Gasteiger partial charge in [-0.2, -0.15) is 0 Å². The quantitative estimate of drug-likeness (QED) is 0.503. The number of benzene rings is 1. The molecule has 108 valence electrons. The van der Waals surface area contributed by atoms with Crippen LogP contribution in [-0.4, -0.2) is 15.0 Å². The predicted molar refractivity (Wildman–Crippen MR) is 78.4 cm³/mol. The van der Waals surface area contributed by atoms with E-state index in [1.165, 1.54) is 37.8 Å². The highest BCUT2D eigenvalue weighted by molar-refractivity contribution is 8.13. The van der Waals surface area contributed by atoms with E-state index in [9.17, 15) is 8.42 Å². The highest BCUT2D eigenvalue weighted by Crippen LogP contribution is 2.20. The van der Waals surface area contributed by atoms with Crippen molar-refractivity contribution in [2.24, 2.45) is 0 Å². The van der Waals surface area contributed by atoms with Crippen molar-refractivity contribution in [3.63, 3.8) is 0 Å². The van der Waals surface area contributed by atoms with Crippen molar-refractivity contribution >= 4 is 19.7 Å². The van der Waals surface area contributed by atoms with Crippen molar-refractivity contribution in [3.8, 4) is 5.75 Å². The second kappa shape index (κ2) is 8.43. The first kappa shape index (κ1) is 16.3. The summed E-state index contributed by atoms with van der Waals surface area (Å²) in [6.07, 6.45) is 7.17. The van der Waals surface area contributed by atoms with Crippen molar-refractivity contribution in [2.45, 2.75) is 50.3 Å². The van der Waals surface area contributed by atoms with E-state index < -0.39 is 9.05 Å². The molecule has 1 aromatic rings. The summed E-state index contributed by atoms with van der Waals surface area (Å²) in [5.74, 6) is 0.551. The van der Waals surface area contributed by atoms with Gasteiger partial charge in [-0.15, -0.1) is 0 Å². The molecule has 0 unspecified atom stereocenters. The van der Waals surface area contributed by atoms with Gasteiger partial charge in [0.15, 0.2) is 0 Å². The largest absolute Gasteiger partial charge is 0.494 e. The first-order chi connectivity index (χ1) is 9.04. The molecule has 1 rings (SSSR count). The molecule has 0 saturated heterocycles. The Balaban J connectivity index is 2.30. The molecule has 5 heteroatoms. The average Bonchev–Trinajstić information content (AvgIpc) is 2.37. The van der Waals surface area contributed by atoms with Crippen molar-refractivity contribution in [2.75, 3.05) is 6.61 Å². The van der Waals surface area contributed by atoms with Gasteiger partial charge in [-0.3, -0.25) is 0 Å². The van der Waals surface area contributed by atoms with E-state index in [0.29, 0.717) is 12.4 Å². The molecule has 0 aliphatic rings. The summed E-state index contributed by atoms with van der Waals surface area (Å²) in [5.41, 5.74) is 0. The minimum absolute atomic E-state index is 0.0783. The molecule has 0 saturated carbocycles. The van der Waals surface area contributed by atoms with Crippen LogP contribution in [0.15, 0.2) is 29.2 Å². The molecule has 0 fully saturated rings. The van der Waals surface area contributed by atoms with E-state index in [-0.39, 0.29) is 4.90 Å². The van der Waals surface area contributed by atoms with E-state index >= 15 is 0 Å². The van der Waals surface area contributed by atoms with E-state index in [4.69, 9.17) is 15.4 Å². The second-order valence-corrected chi connectivity index (χ2v) is 7.09. The highest BCUT2D eigenvalue weighted by atomic mass is 35.7. The minimum atomic E-state index is -3.68. The minimum Gasteiger partial charge on any atom is -0.494 e. The molecule has 0 bridgehead atoms. The summed E-state index contributed by atoms with van der Waals surface area (Å²) in [7, 11) is 1.60. The zero-order valence-electron chi connectivity index (χ0n) is 11.3. The molecular formula is C14H21ClO3S. The Bertz CT molecular complexity index is 471. The third kappa shape index (κ3) is 6.83. The van der Waals surface area contributed by atoms with Crippen LogP contribution in [0.1, 0.15) is 45.4 Å². The Kier molecular flexibility index (Phi) is 7.24. The standard InChI is InChI=1S/C14H21ClO3S/c1-2-3-4-5-6-7-11-18-13-9-8-10-14(12-13)19(15,16)17/h8-10,12H,2-7,11H2,1H3. The molecule has 0 aromatic heterocycles. The van der Waals surface area contributed by atoms with Gasteiger partial charge < -0.3 is 4.74 Å².